The van der Waals surface area contributed by atoms with Crippen molar-refractivity contribution < 1.29 is 0 Å². The van der Waals surface area contributed by atoms with Crippen molar-refractivity contribution in [3.05, 3.63) is 108 Å². The highest BCUT2D eigenvalue weighted by Gasteiger charge is 2.04. The Morgan fingerprint density at radius 3 is 1.03 bits per heavy atom. The van der Waals surface area contributed by atoms with Crippen molar-refractivity contribution >= 4 is 11.8 Å². The third-order valence-electron chi connectivity index (χ3n) is 7.16. The number of hydrogen-bond donors (Lipinski definition) is 0. The summed E-state index contributed by atoms with van der Waals surface area (Å²) in [5, 5.41) is 0. The second-order valence-electron chi connectivity index (χ2n) is 10.2. The van der Waals surface area contributed by atoms with Gasteiger partial charge in [0.25, 0.3) is 0 Å². The lowest BCUT2D eigenvalue weighted by Crippen LogP contribution is -1.87. The van der Waals surface area contributed by atoms with Crippen LogP contribution >= 0.6 is 11.8 Å². The fourth-order valence-electron chi connectivity index (χ4n) is 4.81. The SMILES string of the molecule is CCCCCCc1ccc(-c2ccc(Sc3ccc(-c4ccc(CCCCCC)cc4)cc3)cc2)cc1. The van der Waals surface area contributed by atoms with Crippen molar-refractivity contribution in [3.63, 3.8) is 0 Å². The van der Waals surface area contributed by atoms with E-state index in [1.165, 1.54) is 107 Å². The van der Waals surface area contributed by atoms with E-state index in [1.54, 1.807) is 0 Å². The normalized spacial score (nSPS) is 11.1. The molecule has 1 heteroatoms. The smallest absolute Gasteiger partial charge is 0.0122 e. The summed E-state index contributed by atoms with van der Waals surface area (Å²) in [5.74, 6) is 0. The van der Waals surface area contributed by atoms with Crippen LogP contribution in [0.1, 0.15) is 76.3 Å². The van der Waals surface area contributed by atoms with E-state index < -0.39 is 0 Å². The predicted octanol–water partition coefficient (Wildman–Crippen LogP) is 11.4. The Hall–Kier alpha value is -2.77. The van der Waals surface area contributed by atoms with Gasteiger partial charge in [-0.05, 0) is 83.3 Å². The van der Waals surface area contributed by atoms with Crippen molar-refractivity contribution in [3.8, 4) is 22.3 Å². The van der Waals surface area contributed by atoms with E-state index in [1.807, 2.05) is 11.8 Å². The number of aryl methyl sites for hydroxylation is 2. The fourth-order valence-corrected chi connectivity index (χ4v) is 5.62. The molecule has 0 N–H and O–H groups in total. The third-order valence-corrected chi connectivity index (χ3v) is 8.17. The van der Waals surface area contributed by atoms with Gasteiger partial charge in [-0.3, -0.25) is 0 Å². The first-order valence-corrected chi connectivity index (χ1v) is 15.1. The first kappa shape index (κ1) is 27.3. The molecule has 192 valence electrons. The minimum absolute atomic E-state index is 1.19. The van der Waals surface area contributed by atoms with Crippen molar-refractivity contribution in [2.75, 3.05) is 0 Å². The summed E-state index contributed by atoms with van der Waals surface area (Å²) in [6.45, 7) is 4.54. The third kappa shape index (κ3) is 8.64. The Morgan fingerprint density at radius 1 is 0.378 bits per heavy atom. The second kappa shape index (κ2) is 14.8. The first-order valence-electron chi connectivity index (χ1n) is 14.3. The van der Waals surface area contributed by atoms with Gasteiger partial charge in [0, 0.05) is 9.79 Å². The topological polar surface area (TPSA) is 0 Å². The van der Waals surface area contributed by atoms with E-state index in [4.69, 9.17) is 0 Å². The van der Waals surface area contributed by atoms with E-state index in [0.717, 1.165) is 0 Å². The van der Waals surface area contributed by atoms with Gasteiger partial charge in [-0.15, -0.1) is 0 Å². The van der Waals surface area contributed by atoms with Crippen LogP contribution in [-0.4, -0.2) is 0 Å². The van der Waals surface area contributed by atoms with Gasteiger partial charge in [0.2, 0.25) is 0 Å². The monoisotopic (exact) mass is 506 g/mol. The van der Waals surface area contributed by atoms with Gasteiger partial charge in [0.05, 0.1) is 0 Å². The summed E-state index contributed by atoms with van der Waals surface area (Å²) in [5.41, 5.74) is 8.06. The Morgan fingerprint density at radius 2 is 0.703 bits per heavy atom. The zero-order valence-electron chi connectivity index (χ0n) is 22.7. The lowest BCUT2D eigenvalue weighted by atomic mass is 10.0. The summed E-state index contributed by atoms with van der Waals surface area (Å²) in [7, 11) is 0. The fraction of sp³-hybridized carbons (Fsp3) is 0.333. The summed E-state index contributed by atoms with van der Waals surface area (Å²) in [6, 6.07) is 36.2. The molecule has 0 nitrogen and oxygen atoms in total. The van der Waals surface area contributed by atoms with Crippen molar-refractivity contribution in [2.24, 2.45) is 0 Å². The molecule has 0 heterocycles. The van der Waals surface area contributed by atoms with E-state index in [9.17, 15) is 0 Å². The molecule has 0 radical (unpaired) electrons. The van der Waals surface area contributed by atoms with Crippen LogP contribution in [-0.2, 0) is 12.8 Å². The highest BCUT2D eigenvalue weighted by atomic mass is 32.2. The zero-order chi connectivity index (χ0) is 25.7. The molecule has 4 aromatic carbocycles. The molecule has 4 rings (SSSR count). The minimum atomic E-state index is 1.19. The average Bonchev–Trinajstić information content (AvgIpc) is 2.95. The summed E-state index contributed by atoms with van der Waals surface area (Å²) in [6.07, 6.45) is 13.0. The Balaban J connectivity index is 1.29. The number of benzene rings is 4. The highest BCUT2D eigenvalue weighted by molar-refractivity contribution is 7.99. The lowest BCUT2D eigenvalue weighted by Gasteiger charge is -2.08. The molecule has 0 aliphatic carbocycles. The maximum absolute atomic E-state index is 2.30. The molecule has 0 fully saturated rings. The predicted molar refractivity (Wildman–Crippen MR) is 164 cm³/mol. The quantitative estimate of drug-likeness (QED) is 0.153. The van der Waals surface area contributed by atoms with Gasteiger partial charge in [-0.1, -0.05) is 137 Å². The van der Waals surface area contributed by atoms with Gasteiger partial charge in [0.15, 0.2) is 0 Å². The molecule has 0 saturated carbocycles. The van der Waals surface area contributed by atoms with Crippen LogP contribution in [0.25, 0.3) is 22.3 Å². The molecule has 0 amide bonds. The van der Waals surface area contributed by atoms with Gasteiger partial charge in [0.1, 0.15) is 0 Å². The maximum Gasteiger partial charge on any atom is 0.0122 e. The van der Waals surface area contributed by atoms with Crippen molar-refractivity contribution in [1.29, 1.82) is 0 Å². The van der Waals surface area contributed by atoms with Gasteiger partial charge in [-0.25, -0.2) is 0 Å². The number of hydrogen-bond acceptors (Lipinski definition) is 1. The molecule has 0 bridgehead atoms. The van der Waals surface area contributed by atoms with Crippen LogP contribution in [0.2, 0.25) is 0 Å². The van der Waals surface area contributed by atoms with Crippen LogP contribution in [0, 0.1) is 0 Å². The molecule has 0 atom stereocenters. The largest absolute Gasteiger partial charge is 0.0901 e. The van der Waals surface area contributed by atoms with Gasteiger partial charge in [-0.2, -0.15) is 0 Å². The highest BCUT2D eigenvalue weighted by Crippen LogP contribution is 2.32. The summed E-state index contributed by atoms with van der Waals surface area (Å²) >= 11 is 1.83. The van der Waals surface area contributed by atoms with Crippen LogP contribution in [0.5, 0.6) is 0 Å². The molecule has 0 aliphatic rings. The molecule has 37 heavy (non-hydrogen) atoms. The second-order valence-corrected chi connectivity index (χ2v) is 11.3. The van der Waals surface area contributed by atoms with Crippen LogP contribution < -0.4 is 0 Å². The first-order chi connectivity index (χ1) is 18.2. The zero-order valence-corrected chi connectivity index (χ0v) is 23.5. The molecule has 0 spiro atoms. The van der Waals surface area contributed by atoms with E-state index >= 15 is 0 Å². The molecule has 0 aromatic heterocycles. The standard InChI is InChI=1S/C36H42S/c1-3-5-7-9-11-29-13-17-31(18-14-29)33-21-25-35(26-22-33)37-36-27-23-34(24-28-36)32-19-15-30(16-20-32)12-10-8-6-4-2/h13-28H,3-12H2,1-2H3. The van der Waals surface area contributed by atoms with Gasteiger partial charge < -0.3 is 0 Å². The Kier molecular flexibility index (Phi) is 10.9. The van der Waals surface area contributed by atoms with Crippen LogP contribution in [0.15, 0.2) is 107 Å². The van der Waals surface area contributed by atoms with Crippen molar-refractivity contribution in [1.82, 2.24) is 0 Å². The Bertz CT molecular complexity index is 1070. The number of rotatable bonds is 14. The average molecular weight is 507 g/mol. The van der Waals surface area contributed by atoms with E-state index in [-0.39, 0.29) is 0 Å². The van der Waals surface area contributed by atoms with Crippen LogP contribution in [0.3, 0.4) is 0 Å². The Labute approximate surface area is 229 Å². The molecule has 0 saturated heterocycles. The van der Waals surface area contributed by atoms with Crippen molar-refractivity contribution in [2.45, 2.75) is 87.8 Å². The maximum atomic E-state index is 2.30. The molecule has 0 unspecified atom stereocenters. The molecule has 4 aromatic rings. The van der Waals surface area contributed by atoms with Crippen LogP contribution in [0.4, 0.5) is 0 Å². The summed E-state index contributed by atoms with van der Waals surface area (Å²) < 4.78 is 0. The van der Waals surface area contributed by atoms with E-state index in [2.05, 4.69) is 111 Å². The van der Waals surface area contributed by atoms with E-state index in [0.29, 0.717) is 0 Å². The molecular formula is C36H42S. The minimum Gasteiger partial charge on any atom is -0.0901 e. The molecule has 0 aliphatic heterocycles. The number of unbranched alkanes of at least 4 members (excludes halogenated alkanes) is 6. The lowest BCUT2D eigenvalue weighted by molar-refractivity contribution is 0.667. The van der Waals surface area contributed by atoms with Gasteiger partial charge >= 0.3 is 0 Å². The summed E-state index contributed by atoms with van der Waals surface area (Å²) in [4.78, 5) is 2.55. The molecular weight excluding hydrogens is 464 g/mol.